The minimum absolute atomic E-state index is 0.396. The number of aliphatic hydroxyl groups excluding tert-OH is 1. The molecule has 0 unspecified atom stereocenters. The van der Waals surface area contributed by atoms with Gasteiger partial charge in [0.25, 0.3) is 0 Å². The number of carboxylic acids is 1. The molecule has 0 saturated heterocycles. The number of rotatable bonds is 4. The lowest BCUT2D eigenvalue weighted by atomic mass is 10.3. The third kappa shape index (κ3) is 4.08. The Morgan fingerprint density at radius 1 is 1.75 bits per heavy atom. The van der Waals surface area contributed by atoms with Crippen LogP contribution in [0, 0.1) is 5.39 Å². The van der Waals surface area contributed by atoms with Gasteiger partial charge in [-0.15, -0.1) is 0 Å². The van der Waals surface area contributed by atoms with E-state index in [0.29, 0.717) is 6.20 Å². The summed E-state index contributed by atoms with van der Waals surface area (Å²) in [6.45, 7) is -0.396. The molecule has 0 fully saturated rings. The van der Waals surface area contributed by atoms with E-state index in [2.05, 4.69) is 9.71 Å². The number of nitrogens with zero attached hydrogens (tertiary/aromatic N) is 2. The van der Waals surface area contributed by atoms with Crippen molar-refractivity contribution < 1.29 is 19.7 Å². The van der Waals surface area contributed by atoms with Crippen molar-refractivity contribution in [2.24, 2.45) is 5.73 Å². The molecule has 0 amide bonds. The highest BCUT2D eigenvalue weighted by atomic mass is 16.6. The Hall–Kier alpha value is -1.81. The van der Waals surface area contributed by atoms with E-state index in [1.807, 2.05) is 0 Å². The first kappa shape index (κ1) is 10.2. The first-order valence-corrected chi connectivity index (χ1v) is 2.92. The van der Waals surface area contributed by atoms with Crippen LogP contribution >= 0.6 is 0 Å². The van der Waals surface area contributed by atoms with Crippen LogP contribution in [-0.4, -0.2) is 28.8 Å². The van der Waals surface area contributed by atoms with Gasteiger partial charge in [0.2, 0.25) is 5.39 Å². The van der Waals surface area contributed by atoms with Gasteiger partial charge in [-0.05, 0) is 0 Å². The molecule has 66 valence electrons. The van der Waals surface area contributed by atoms with Crippen LogP contribution < -0.4 is 5.73 Å². The normalized spacial score (nSPS) is 13.2. The maximum Gasteiger partial charge on any atom is 0.429 e. The average Bonchev–Trinajstić information content (AvgIpc) is 2.00. The predicted molar refractivity (Wildman–Crippen MR) is 37.4 cm³/mol. The Labute approximate surface area is 67.7 Å². The standard InChI is InChI=1S/C5H7N3O4/c6-3(5(10)11)2-12-4(9)1-8-7/h1,3H,2,6H2,(H-,9,10,11)/p+1/b4-1-/t3-/m0/s1. The second-order valence-electron chi connectivity index (χ2n) is 1.84. The number of aliphatic carboxylic acids is 1. The third-order valence-corrected chi connectivity index (χ3v) is 0.896. The van der Waals surface area contributed by atoms with Gasteiger partial charge in [0, 0.05) is 0 Å². The van der Waals surface area contributed by atoms with Gasteiger partial charge in [-0.3, -0.25) is 4.79 Å². The van der Waals surface area contributed by atoms with E-state index in [9.17, 15) is 4.79 Å². The zero-order valence-electron chi connectivity index (χ0n) is 6.04. The lowest BCUT2D eigenvalue weighted by Crippen LogP contribution is -2.34. The van der Waals surface area contributed by atoms with Crippen LogP contribution in [0.5, 0.6) is 0 Å². The molecule has 0 spiro atoms. The highest BCUT2D eigenvalue weighted by Crippen LogP contribution is 1.93. The van der Waals surface area contributed by atoms with E-state index in [-0.39, 0.29) is 0 Å². The summed E-state index contributed by atoms with van der Waals surface area (Å²) in [6, 6.07) is -1.22. The van der Waals surface area contributed by atoms with E-state index in [4.69, 9.17) is 21.3 Å². The molecule has 0 aromatic carbocycles. The number of carbonyl (C=O) groups is 1. The molecule has 0 aliphatic heterocycles. The fourth-order valence-electron chi connectivity index (χ4n) is 0.333. The van der Waals surface area contributed by atoms with Crippen molar-refractivity contribution >= 4 is 5.97 Å². The average molecular weight is 174 g/mol. The van der Waals surface area contributed by atoms with Gasteiger partial charge in [0.1, 0.15) is 12.6 Å². The van der Waals surface area contributed by atoms with Gasteiger partial charge in [-0.25, -0.2) is 0 Å². The van der Waals surface area contributed by atoms with Crippen LogP contribution in [0.15, 0.2) is 12.1 Å². The lowest BCUT2D eigenvalue weighted by Gasteiger charge is -2.04. The number of diazo groups is 1. The molecule has 7 nitrogen and oxygen atoms in total. The van der Waals surface area contributed by atoms with Gasteiger partial charge >= 0.3 is 18.1 Å². The molecule has 7 heteroatoms. The van der Waals surface area contributed by atoms with Crippen LogP contribution in [0.25, 0.3) is 4.98 Å². The molecule has 0 rings (SSSR count). The summed E-state index contributed by atoms with van der Waals surface area (Å²) < 4.78 is 4.36. The molecule has 0 saturated carbocycles. The summed E-state index contributed by atoms with van der Waals surface area (Å²) in [4.78, 5) is 12.5. The summed E-state index contributed by atoms with van der Waals surface area (Å²) in [5.41, 5.74) is 5.00. The van der Waals surface area contributed by atoms with Crippen LogP contribution in [0.3, 0.4) is 0 Å². The summed E-state index contributed by atoms with van der Waals surface area (Å²) in [5.74, 6) is -1.95. The monoisotopic (exact) mass is 174 g/mol. The Balaban J connectivity index is 3.78. The van der Waals surface area contributed by atoms with E-state index < -0.39 is 24.6 Å². The van der Waals surface area contributed by atoms with Crippen molar-refractivity contribution in [1.82, 2.24) is 0 Å². The molecule has 0 bridgehead atoms. The third-order valence-electron chi connectivity index (χ3n) is 0.896. The van der Waals surface area contributed by atoms with Crippen LogP contribution in [0.1, 0.15) is 0 Å². The SMILES string of the molecule is N#[N+]/C=C(/O)OC[C@H](N)C(=O)O. The number of nitrogens with two attached hydrogens (primary N) is 1. The molecule has 0 radical (unpaired) electrons. The van der Waals surface area contributed by atoms with Crippen molar-refractivity contribution in [3.63, 3.8) is 0 Å². The second-order valence-corrected chi connectivity index (χ2v) is 1.84. The van der Waals surface area contributed by atoms with Crippen molar-refractivity contribution in [2.45, 2.75) is 6.04 Å². The van der Waals surface area contributed by atoms with Gasteiger partial charge in [-0.2, -0.15) is 0 Å². The van der Waals surface area contributed by atoms with E-state index in [1.165, 1.54) is 0 Å². The summed E-state index contributed by atoms with van der Waals surface area (Å²) in [5, 5.41) is 24.7. The highest BCUT2D eigenvalue weighted by Gasteiger charge is 2.13. The Kier molecular flexibility index (Phi) is 4.18. The summed E-state index contributed by atoms with van der Waals surface area (Å²) in [6.07, 6.45) is 0.606. The largest absolute Gasteiger partial charge is 0.480 e. The van der Waals surface area contributed by atoms with Gasteiger partial charge in [-0.1, -0.05) is 0 Å². The van der Waals surface area contributed by atoms with E-state index >= 15 is 0 Å². The molecule has 4 N–H and O–H groups in total. The fraction of sp³-hybridized carbons (Fsp3) is 0.400. The first-order chi connectivity index (χ1) is 5.57. The van der Waals surface area contributed by atoms with Crippen molar-refractivity contribution in [3.05, 3.63) is 17.1 Å². The van der Waals surface area contributed by atoms with Crippen LogP contribution in [0.2, 0.25) is 0 Å². The zero-order chi connectivity index (χ0) is 9.56. The summed E-state index contributed by atoms with van der Waals surface area (Å²) >= 11 is 0. The Bertz CT molecular complexity index is 231. The van der Waals surface area contributed by atoms with E-state index in [1.54, 1.807) is 0 Å². The molecular formula is C5H8N3O4+. The Morgan fingerprint density at radius 3 is 2.75 bits per heavy atom. The maximum atomic E-state index is 10.1. The van der Waals surface area contributed by atoms with Gasteiger partial charge in [0.15, 0.2) is 4.98 Å². The molecule has 0 heterocycles. The maximum absolute atomic E-state index is 10.1. The fourth-order valence-corrected chi connectivity index (χ4v) is 0.333. The highest BCUT2D eigenvalue weighted by molar-refractivity contribution is 5.73. The number of aliphatic hydroxyl groups is 1. The summed E-state index contributed by atoms with van der Waals surface area (Å²) in [7, 11) is 0. The minimum Gasteiger partial charge on any atom is -0.480 e. The zero-order valence-corrected chi connectivity index (χ0v) is 6.04. The predicted octanol–water partition coefficient (Wildman–Crippen LogP) is -0.375. The number of ether oxygens (including phenoxy) is 1. The Morgan fingerprint density at radius 2 is 2.33 bits per heavy atom. The van der Waals surface area contributed by atoms with Crippen molar-refractivity contribution in [3.8, 4) is 0 Å². The molecule has 12 heavy (non-hydrogen) atoms. The molecular weight excluding hydrogens is 166 g/mol. The van der Waals surface area contributed by atoms with Gasteiger partial charge < -0.3 is 20.7 Å². The topological polar surface area (TPSA) is 121 Å². The van der Waals surface area contributed by atoms with Crippen LogP contribution in [-0.2, 0) is 9.53 Å². The number of hydrogen-bond acceptors (Lipinski definition) is 5. The molecule has 0 aliphatic rings. The number of hydrogen-bond donors (Lipinski definition) is 3. The van der Waals surface area contributed by atoms with Crippen molar-refractivity contribution in [1.29, 1.82) is 5.39 Å². The quantitative estimate of drug-likeness (QED) is 0.394. The van der Waals surface area contributed by atoms with Crippen molar-refractivity contribution in [2.75, 3.05) is 6.61 Å². The second kappa shape index (κ2) is 4.92. The molecule has 0 aromatic heterocycles. The molecule has 0 aromatic rings. The van der Waals surface area contributed by atoms with E-state index in [0.717, 1.165) is 0 Å². The number of carboxylic acid groups (broad SMARTS) is 1. The van der Waals surface area contributed by atoms with Gasteiger partial charge in [0.05, 0.1) is 0 Å². The van der Waals surface area contributed by atoms with Crippen LogP contribution in [0.4, 0.5) is 0 Å². The molecule has 1 atom stereocenters. The first-order valence-electron chi connectivity index (χ1n) is 2.92. The smallest absolute Gasteiger partial charge is 0.429 e. The minimum atomic E-state index is -1.25. The molecule has 0 aliphatic carbocycles. The lowest BCUT2D eigenvalue weighted by molar-refractivity contribution is -0.139.